The van der Waals surface area contributed by atoms with E-state index in [1.807, 2.05) is 0 Å². The molecule has 0 atom stereocenters. The molecule has 2 aromatic carbocycles. The number of nitrogens with zero attached hydrogens (tertiary/aromatic N) is 2. The summed E-state index contributed by atoms with van der Waals surface area (Å²) in [6.07, 6.45) is 0. The molecule has 0 aliphatic rings. The zero-order valence-electron chi connectivity index (χ0n) is 19.0. The Hall–Kier alpha value is -2.39. The highest BCUT2D eigenvalue weighted by molar-refractivity contribution is 7.91. The minimum atomic E-state index is -1.87. The fourth-order valence-corrected chi connectivity index (χ4v) is 3.08. The summed E-state index contributed by atoms with van der Waals surface area (Å²) >= 11 is -1.87. The summed E-state index contributed by atoms with van der Waals surface area (Å²) in [4.78, 5) is 22.4. The lowest BCUT2D eigenvalue weighted by Crippen LogP contribution is -2.27. The van der Waals surface area contributed by atoms with Crippen LogP contribution in [0.25, 0.3) is 0 Å². The van der Waals surface area contributed by atoms with Gasteiger partial charge >= 0.3 is 11.9 Å². The molecule has 8 heteroatoms. The number of hydrogen-bond acceptors (Lipinski definition) is 3. The van der Waals surface area contributed by atoms with Crippen molar-refractivity contribution in [3.05, 3.63) is 59.7 Å². The number of hydrogen-bond donors (Lipinski definition) is 2. The Balaban J connectivity index is 0.000000702. The van der Waals surface area contributed by atoms with Crippen LogP contribution in [-0.4, -0.2) is 92.1 Å². The predicted octanol–water partition coefficient (Wildman–Crippen LogP) is 2.89. The number of rotatable bonds is 4. The summed E-state index contributed by atoms with van der Waals surface area (Å²) < 4.78 is 14.5. The van der Waals surface area contributed by atoms with E-state index in [2.05, 4.69) is 56.4 Å². The Bertz CT molecular complexity index is 760. The third-order valence-corrected chi connectivity index (χ3v) is 4.15. The molecule has 30 heavy (non-hydrogen) atoms. The fourth-order valence-electron chi connectivity index (χ4n) is 1.73. The zero-order chi connectivity index (χ0) is 23.7. The van der Waals surface area contributed by atoms with Crippen molar-refractivity contribution in [2.75, 3.05) is 56.4 Å². The maximum atomic E-state index is 12.5. The lowest BCUT2D eigenvalue weighted by atomic mass is 10.2. The van der Waals surface area contributed by atoms with Crippen LogP contribution in [0.1, 0.15) is 20.7 Å². The van der Waals surface area contributed by atoms with Crippen molar-refractivity contribution in [3.8, 4) is 0 Å². The van der Waals surface area contributed by atoms with Crippen molar-refractivity contribution in [2.24, 2.45) is 0 Å². The Kier molecular flexibility index (Phi) is 10.8. The molecule has 0 fully saturated rings. The largest absolute Gasteiger partial charge is 0.606 e. The smallest absolute Gasteiger partial charge is 0.340 e. The van der Waals surface area contributed by atoms with Crippen LogP contribution in [0.3, 0.4) is 0 Å². The van der Waals surface area contributed by atoms with Gasteiger partial charge in [-0.15, -0.1) is 0 Å². The second kappa shape index (κ2) is 11.7. The molecule has 0 saturated heterocycles. The molecule has 0 spiro atoms. The van der Waals surface area contributed by atoms with Gasteiger partial charge in [-0.3, -0.25) is 0 Å². The molecule has 2 rings (SSSR count). The van der Waals surface area contributed by atoms with Crippen LogP contribution in [0, 0.1) is 0 Å². The van der Waals surface area contributed by atoms with Gasteiger partial charge in [-0.25, -0.2) is 9.59 Å². The van der Waals surface area contributed by atoms with Crippen LogP contribution in [0.4, 0.5) is 0 Å². The van der Waals surface area contributed by atoms with E-state index in [0.29, 0.717) is 0 Å². The SMILES string of the molecule is C[N+](C)(C)C.C[N+](C)(C)C.O=C(O)c1ccccc1[S+]([O-])c1ccccc1C(=O)O. The second-order valence-corrected chi connectivity index (χ2v) is 10.7. The minimum Gasteiger partial charge on any atom is -0.606 e. The fraction of sp³-hybridized carbons (Fsp3) is 0.364. The summed E-state index contributed by atoms with van der Waals surface area (Å²) in [5.41, 5.74) is -0.211. The molecule has 0 aliphatic heterocycles. The average molecular weight is 439 g/mol. The average Bonchev–Trinajstić information content (AvgIpc) is 2.58. The molecule has 0 heterocycles. The highest BCUT2D eigenvalue weighted by Crippen LogP contribution is 2.26. The Morgan fingerprint density at radius 2 is 0.900 bits per heavy atom. The predicted molar refractivity (Wildman–Crippen MR) is 119 cm³/mol. The molecule has 0 amide bonds. The molecule has 0 saturated carbocycles. The van der Waals surface area contributed by atoms with E-state index in [4.69, 9.17) is 10.2 Å². The van der Waals surface area contributed by atoms with Gasteiger partial charge < -0.3 is 23.7 Å². The van der Waals surface area contributed by atoms with Crippen molar-refractivity contribution in [2.45, 2.75) is 9.79 Å². The van der Waals surface area contributed by atoms with Crippen molar-refractivity contribution >= 4 is 23.1 Å². The maximum Gasteiger partial charge on any atom is 0.340 e. The lowest BCUT2D eigenvalue weighted by molar-refractivity contribution is -0.849. The van der Waals surface area contributed by atoms with Gasteiger partial charge in [-0.1, -0.05) is 24.3 Å². The number of benzene rings is 2. The molecular formula is C22H34N2O5S+2. The molecule has 166 valence electrons. The second-order valence-electron chi connectivity index (χ2n) is 9.24. The molecule has 0 aromatic heterocycles. The first-order valence-corrected chi connectivity index (χ1v) is 10.3. The van der Waals surface area contributed by atoms with E-state index in [1.54, 1.807) is 12.1 Å². The molecular weight excluding hydrogens is 404 g/mol. The number of carboxylic acid groups (broad SMARTS) is 2. The van der Waals surface area contributed by atoms with Crippen LogP contribution < -0.4 is 0 Å². The van der Waals surface area contributed by atoms with Crippen LogP contribution in [0.15, 0.2) is 58.3 Å². The van der Waals surface area contributed by atoms with E-state index in [1.165, 1.54) is 36.4 Å². The summed E-state index contributed by atoms with van der Waals surface area (Å²) in [6.45, 7) is 0. The van der Waals surface area contributed by atoms with Gasteiger partial charge in [0.15, 0.2) is 9.79 Å². The maximum absolute atomic E-state index is 12.5. The van der Waals surface area contributed by atoms with E-state index in [-0.39, 0.29) is 20.9 Å². The molecule has 7 nitrogen and oxygen atoms in total. The molecule has 0 aliphatic carbocycles. The van der Waals surface area contributed by atoms with Crippen LogP contribution in [0.2, 0.25) is 0 Å². The van der Waals surface area contributed by atoms with Crippen LogP contribution in [0.5, 0.6) is 0 Å². The van der Waals surface area contributed by atoms with E-state index >= 15 is 0 Å². The molecule has 0 bridgehead atoms. The van der Waals surface area contributed by atoms with Gasteiger partial charge in [0, 0.05) is 11.2 Å². The van der Waals surface area contributed by atoms with Crippen LogP contribution in [-0.2, 0) is 11.2 Å². The molecule has 2 aromatic rings. The summed E-state index contributed by atoms with van der Waals surface area (Å²) in [7, 11) is 17.0. The van der Waals surface area contributed by atoms with Gasteiger partial charge in [-0.05, 0) is 24.3 Å². The van der Waals surface area contributed by atoms with E-state index in [9.17, 15) is 14.1 Å². The van der Waals surface area contributed by atoms with Crippen molar-refractivity contribution < 1.29 is 33.3 Å². The summed E-state index contributed by atoms with van der Waals surface area (Å²) in [5, 5.41) is 18.2. The molecule has 2 N–H and O–H groups in total. The summed E-state index contributed by atoms with van der Waals surface area (Å²) in [6, 6.07) is 11.7. The van der Waals surface area contributed by atoms with Gasteiger partial charge in [-0.2, -0.15) is 0 Å². The van der Waals surface area contributed by atoms with E-state index in [0.717, 1.165) is 8.97 Å². The van der Waals surface area contributed by atoms with Gasteiger partial charge in [0.2, 0.25) is 0 Å². The Labute approximate surface area is 182 Å². The highest BCUT2D eigenvalue weighted by atomic mass is 32.2. The van der Waals surface area contributed by atoms with Crippen molar-refractivity contribution in [3.63, 3.8) is 0 Å². The zero-order valence-corrected chi connectivity index (χ0v) is 19.9. The monoisotopic (exact) mass is 438 g/mol. The number of carboxylic acids is 2. The van der Waals surface area contributed by atoms with Gasteiger partial charge in [0.1, 0.15) is 11.1 Å². The first-order chi connectivity index (χ1) is 13.5. The Morgan fingerprint density at radius 3 is 1.13 bits per heavy atom. The third kappa shape index (κ3) is 12.2. The Morgan fingerprint density at radius 1 is 0.667 bits per heavy atom. The summed E-state index contributed by atoms with van der Waals surface area (Å²) in [5.74, 6) is -2.41. The first kappa shape index (κ1) is 27.6. The quantitative estimate of drug-likeness (QED) is 0.565. The van der Waals surface area contributed by atoms with Crippen molar-refractivity contribution in [1.82, 2.24) is 0 Å². The first-order valence-electron chi connectivity index (χ1n) is 9.16. The molecule has 0 radical (unpaired) electrons. The highest BCUT2D eigenvalue weighted by Gasteiger charge is 2.26. The number of quaternary nitrogens is 2. The standard InChI is InChI=1S/C14H10O5S.2C4H12N/c15-13(16)9-5-1-3-7-11(9)20(19)12-8-4-2-6-10(12)14(17)18;2*1-5(2,3)4/h1-8H,(H,15,16)(H,17,18);2*1-4H3/q;2*+1. The minimum absolute atomic E-state index is 0.0775. The van der Waals surface area contributed by atoms with Gasteiger partial charge in [0.25, 0.3) is 0 Å². The van der Waals surface area contributed by atoms with Gasteiger partial charge in [0.05, 0.1) is 56.4 Å². The van der Waals surface area contributed by atoms with Crippen molar-refractivity contribution in [1.29, 1.82) is 0 Å². The number of aromatic carboxylic acids is 2. The topological polar surface area (TPSA) is 97.7 Å². The number of carbonyl (C=O) groups is 2. The van der Waals surface area contributed by atoms with Crippen LogP contribution >= 0.6 is 0 Å². The third-order valence-electron chi connectivity index (χ3n) is 2.63. The normalized spacial score (nSPS) is 11.0. The van der Waals surface area contributed by atoms with E-state index < -0.39 is 23.1 Å². The molecule has 0 unspecified atom stereocenters. The lowest BCUT2D eigenvalue weighted by Gasteiger charge is -2.14.